The molecule has 5 amide bonds. The molecule has 0 aliphatic rings. The molecule has 4 atom stereocenters. The Kier molecular flexibility index (Phi) is 17.1. The number of para-hydroxylation sites is 1. The van der Waals surface area contributed by atoms with Crippen molar-refractivity contribution >= 4 is 46.4 Å². The lowest BCUT2D eigenvalue weighted by atomic mass is 10.0. The number of nitrogens with zero attached hydrogens (tertiary/aromatic N) is 1. The van der Waals surface area contributed by atoms with Gasteiger partial charge in [0, 0.05) is 48.6 Å². The summed E-state index contributed by atoms with van der Waals surface area (Å²) in [7, 11) is 0. The number of nitrogens with one attached hydrogen (secondary N) is 5. The number of guanidine groups is 1. The van der Waals surface area contributed by atoms with Crippen molar-refractivity contribution in [3.63, 3.8) is 0 Å². The van der Waals surface area contributed by atoms with Crippen molar-refractivity contribution in [3.05, 3.63) is 119 Å². The molecule has 59 heavy (non-hydrogen) atoms. The van der Waals surface area contributed by atoms with E-state index in [1.165, 1.54) is 0 Å². The van der Waals surface area contributed by atoms with E-state index in [1.807, 2.05) is 44.2 Å². The lowest BCUT2D eigenvalue weighted by Crippen LogP contribution is -2.57. The normalized spacial score (nSPS) is 13.5. The molecule has 13 N–H and O–H groups in total. The second kappa shape index (κ2) is 22.4. The molecule has 0 saturated heterocycles. The molecule has 16 heteroatoms. The van der Waals surface area contributed by atoms with E-state index in [4.69, 9.17) is 22.9 Å². The molecular weight excluding hydrogens is 756 g/mol. The van der Waals surface area contributed by atoms with Gasteiger partial charge in [-0.15, -0.1) is 0 Å². The van der Waals surface area contributed by atoms with Gasteiger partial charge >= 0.3 is 0 Å². The van der Waals surface area contributed by atoms with Crippen LogP contribution in [-0.2, 0) is 38.6 Å². The minimum atomic E-state index is -1.17. The number of nitrogens with two attached hydrogens (primary N) is 4. The fourth-order valence-corrected chi connectivity index (χ4v) is 6.45. The molecule has 0 bridgehead atoms. The van der Waals surface area contributed by atoms with Gasteiger partial charge in [0.1, 0.15) is 24.0 Å². The molecule has 314 valence electrons. The first-order valence-electron chi connectivity index (χ1n) is 19.5. The summed E-state index contributed by atoms with van der Waals surface area (Å²) in [5.74, 6) is -4.24. The highest BCUT2D eigenvalue weighted by Crippen LogP contribution is 2.20. The van der Waals surface area contributed by atoms with E-state index in [1.54, 1.807) is 54.7 Å². The maximum atomic E-state index is 15.9. The molecule has 3 aromatic carbocycles. The van der Waals surface area contributed by atoms with Gasteiger partial charge in [0.15, 0.2) is 5.96 Å². The third-order valence-corrected chi connectivity index (χ3v) is 9.55. The number of carbonyl (C=O) groups is 5. The lowest BCUT2D eigenvalue weighted by molar-refractivity contribution is -0.133. The number of aliphatic imine (C=N–C) groups is 1. The molecule has 0 unspecified atom stereocenters. The molecule has 4 rings (SSSR count). The maximum absolute atomic E-state index is 15.9. The van der Waals surface area contributed by atoms with Crippen LogP contribution in [0.1, 0.15) is 66.6 Å². The topological polar surface area (TPSA) is 266 Å². The summed E-state index contributed by atoms with van der Waals surface area (Å²) in [6.45, 7) is 4.17. The van der Waals surface area contributed by atoms with Crippen molar-refractivity contribution in [2.75, 3.05) is 6.54 Å². The molecule has 0 radical (unpaired) electrons. The van der Waals surface area contributed by atoms with E-state index in [-0.39, 0.29) is 50.5 Å². The van der Waals surface area contributed by atoms with E-state index in [0.717, 1.165) is 33.7 Å². The number of rotatable bonds is 22. The van der Waals surface area contributed by atoms with Crippen LogP contribution in [0.4, 0.5) is 4.39 Å². The van der Waals surface area contributed by atoms with Crippen LogP contribution >= 0.6 is 0 Å². The molecule has 1 heterocycles. The predicted molar refractivity (Wildman–Crippen MR) is 226 cm³/mol. The van der Waals surface area contributed by atoms with Gasteiger partial charge in [-0.1, -0.05) is 74.5 Å². The lowest BCUT2D eigenvalue weighted by Gasteiger charge is -2.25. The highest BCUT2D eigenvalue weighted by Gasteiger charge is 2.30. The Morgan fingerprint density at radius 3 is 2.08 bits per heavy atom. The minimum Gasteiger partial charge on any atom is -0.370 e. The van der Waals surface area contributed by atoms with E-state index in [2.05, 4.69) is 31.2 Å². The molecule has 0 aliphatic heterocycles. The molecule has 1 aromatic heterocycles. The first kappa shape index (κ1) is 45.2. The number of aromatic nitrogens is 1. The zero-order valence-corrected chi connectivity index (χ0v) is 33.4. The third-order valence-electron chi connectivity index (χ3n) is 9.55. The van der Waals surface area contributed by atoms with Gasteiger partial charge in [-0.05, 0) is 72.6 Å². The van der Waals surface area contributed by atoms with Crippen LogP contribution in [-0.4, -0.2) is 71.2 Å². The monoisotopic (exact) mass is 810 g/mol. The van der Waals surface area contributed by atoms with Crippen LogP contribution in [0.15, 0.2) is 102 Å². The van der Waals surface area contributed by atoms with Crippen molar-refractivity contribution in [1.82, 2.24) is 26.3 Å². The van der Waals surface area contributed by atoms with Gasteiger partial charge in [-0.25, -0.2) is 4.39 Å². The molecule has 0 spiro atoms. The molecule has 4 aromatic rings. The van der Waals surface area contributed by atoms with E-state index < -0.39 is 66.0 Å². The predicted octanol–water partition coefficient (Wildman–Crippen LogP) is 2.49. The third kappa shape index (κ3) is 14.4. The fourth-order valence-electron chi connectivity index (χ4n) is 6.45. The van der Waals surface area contributed by atoms with E-state index >= 15 is 4.39 Å². The highest BCUT2D eigenvalue weighted by atomic mass is 19.1. The Morgan fingerprint density at radius 1 is 0.763 bits per heavy atom. The quantitative estimate of drug-likeness (QED) is 0.0323. The van der Waals surface area contributed by atoms with E-state index in [0.29, 0.717) is 12.1 Å². The fraction of sp³-hybridized carbons (Fsp3) is 0.349. The maximum Gasteiger partial charge on any atom is 0.251 e. The van der Waals surface area contributed by atoms with Crippen molar-refractivity contribution in [2.24, 2.45) is 33.8 Å². The summed E-state index contributed by atoms with van der Waals surface area (Å²) in [5.41, 5.74) is 25.9. The Balaban J connectivity index is 1.47. The standard InChI is InChI=1S/C43H55FN10O5/c1-26(2)21-37(51-38(55)19-18-32(44)35(22-27-9-4-3-5-10-27)53-40(57)29-16-14-28(24-45)15-17-29)42(59)52-34(13-8-20-49-43(47)48)41(58)54-36(39(46)56)23-30-25-50-33-12-7-6-11-31(30)33/h3-7,9-12,14-18,25-26,34-37,50H,8,13,19-24,45H2,1-2H3,(H2,46,56)(H,51,55)(H,52,59)(H,53,57)(H,54,58)(H4,47,48,49)/b32-18+/t34-,35-,36-,37-/m0/s1. The average molecular weight is 811 g/mol. The van der Waals surface area contributed by atoms with Gasteiger partial charge in [0.05, 0.1) is 6.04 Å². The van der Waals surface area contributed by atoms with Gasteiger partial charge in [0.2, 0.25) is 23.6 Å². The number of H-pyrrole nitrogens is 1. The highest BCUT2D eigenvalue weighted by molar-refractivity contribution is 5.95. The van der Waals surface area contributed by atoms with Crippen molar-refractivity contribution in [3.8, 4) is 0 Å². The van der Waals surface area contributed by atoms with Crippen LogP contribution in [0.5, 0.6) is 0 Å². The number of benzene rings is 3. The molecule has 0 saturated carbocycles. The van der Waals surface area contributed by atoms with Gasteiger partial charge in [-0.2, -0.15) is 0 Å². The number of hydrogen-bond donors (Lipinski definition) is 9. The van der Waals surface area contributed by atoms with Gasteiger partial charge in [0.25, 0.3) is 5.91 Å². The SMILES string of the molecule is CC(C)C[C@H](NC(=O)C/C=C(/F)[C@H](Cc1ccccc1)NC(=O)c1ccc(CN)cc1)C(=O)N[C@@H](CCCN=C(N)N)C(=O)N[C@@H](Cc1c[nH]c2ccccc12)C(N)=O. The Bertz CT molecular complexity index is 2100. The molecule has 0 fully saturated rings. The zero-order chi connectivity index (χ0) is 42.9. The number of hydrogen-bond acceptors (Lipinski definition) is 7. The number of fused-ring (bicyclic) bond motifs is 1. The summed E-state index contributed by atoms with van der Waals surface area (Å²) in [5, 5.41) is 11.7. The summed E-state index contributed by atoms with van der Waals surface area (Å²) in [6, 6.07) is 18.7. The number of halogens is 1. The smallest absolute Gasteiger partial charge is 0.251 e. The Labute approximate surface area is 343 Å². The first-order valence-corrected chi connectivity index (χ1v) is 19.5. The largest absolute Gasteiger partial charge is 0.370 e. The zero-order valence-electron chi connectivity index (χ0n) is 33.4. The number of aromatic amines is 1. The second-order valence-electron chi connectivity index (χ2n) is 14.7. The van der Waals surface area contributed by atoms with Crippen LogP contribution in [0.3, 0.4) is 0 Å². The summed E-state index contributed by atoms with van der Waals surface area (Å²) in [4.78, 5) is 73.7. The Morgan fingerprint density at radius 2 is 1.42 bits per heavy atom. The van der Waals surface area contributed by atoms with Crippen LogP contribution in [0.25, 0.3) is 10.9 Å². The first-order chi connectivity index (χ1) is 28.2. The minimum absolute atomic E-state index is 0.0766. The van der Waals surface area contributed by atoms with Crippen molar-refractivity contribution in [2.45, 2.75) is 83.1 Å². The second-order valence-corrected chi connectivity index (χ2v) is 14.7. The number of primary amides is 1. The van der Waals surface area contributed by atoms with Crippen molar-refractivity contribution < 1.29 is 28.4 Å². The number of amides is 5. The summed E-state index contributed by atoms with van der Waals surface area (Å²) >= 11 is 0. The molecule has 15 nitrogen and oxygen atoms in total. The van der Waals surface area contributed by atoms with E-state index in [9.17, 15) is 24.0 Å². The van der Waals surface area contributed by atoms with Gasteiger partial charge in [-0.3, -0.25) is 29.0 Å². The summed E-state index contributed by atoms with van der Waals surface area (Å²) in [6.07, 6.45) is 3.11. The number of carbonyl (C=O) groups excluding carboxylic acids is 5. The average Bonchev–Trinajstić information content (AvgIpc) is 3.62. The molecular formula is C43H55FN10O5. The van der Waals surface area contributed by atoms with Crippen LogP contribution in [0, 0.1) is 5.92 Å². The van der Waals surface area contributed by atoms with Crippen molar-refractivity contribution in [1.29, 1.82) is 0 Å². The molecule has 0 aliphatic carbocycles. The van der Waals surface area contributed by atoms with Crippen LogP contribution < -0.4 is 44.2 Å². The van der Waals surface area contributed by atoms with Crippen LogP contribution in [0.2, 0.25) is 0 Å². The Hall–Kier alpha value is -6.55. The summed E-state index contributed by atoms with van der Waals surface area (Å²) < 4.78 is 15.9. The van der Waals surface area contributed by atoms with Gasteiger partial charge < -0.3 is 49.2 Å².